The number of hydrogen-bond acceptors (Lipinski definition) is 18. The third-order valence-electron chi connectivity index (χ3n) is 15.0. The number of fused-ring (bicyclic) bond motifs is 4. The van der Waals surface area contributed by atoms with Crippen molar-refractivity contribution in [1.82, 2.24) is 29.7 Å². The van der Waals surface area contributed by atoms with Crippen LogP contribution in [0.5, 0.6) is 5.75 Å². The number of amides is 3. The SMILES string of the molecule is CCCCCNc1nc(N)nc2ccn(Cc3ccc(CN4CCN(C(=O)OCc5ccc(O[C@@H]6O[C@H](C)[C@@H](OC(C)=O)[C@H](OC(C)=O)[C@H]6OC(C)=O)c(NC(=O)CCNC(=O)OCC6c7ccccc7-c7ccccc76)c5)CC4)cc3C)c12. The maximum Gasteiger partial charge on any atom is 0.410 e. The van der Waals surface area contributed by atoms with E-state index in [1.807, 2.05) is 60.8 Å². The summed E-state index contributed by atoms with van der Waals surface area (Å²) in [7, 11) is 0. The van der Waals surface area contributed by atoms with Gasteiger partial charge in [-0.05, 0) is 83.0 Å². The largest absolute Gasteiger partial charge is 0.459 e. The minimum absolute atomic E-state index is 0.0287. The highest BCUT2D eigenvalue weighted by atomic mass is 16.7. The summed E-state index contributed by atoms with van der Waals surface area (Å²) in [5, 5.41) is 8.96. The number of ether oxygens (including phenoxy) is 7. The fourth-order valence-corrected chi connectivity index (χ4v) is 11.0. The first-order chi connectivity index (χ1) is 40.5. The molecule has 22 heteroatoms. The van der Waals surface area contributed by atoms with E-state index in [0.29, 0.717) is 44.8 Å². The van der Waals surface area contributed by atoms with Crippen LogP contribution in [-0.4, -0.2) is 137 Å². The molecule has 4 heterocycles. The maximum absolute atomic E-state index is 13.7. The van der Waals surface area contributed by atoms with E-state index >= 15 is 0 Å². The van der Waals surface area contributed by atoms with E-state index < -0.39 is 66.7 Å². The van der Waals surface area contributed by atoms with Crippen molar-refractivity contribution in [2.75, 3.05) is 62.2 Å². The molecule has 0 spiro atoms. The molecule has 444 valence electrons. The summed E-state index contributed by atoms with van der Waals surface area (Å²) < 4.78 is 42.8. The van der Waals surface area contributed by atoms with Crippen molar-refractivity contribution in [3.8, 4) is 16.9 Å². The minimum Gasteiger partial charge on any atom is -0.459 e. The van der Waals surface area contributed by atoms with E-state index in [1.54, 1.807) is 24.0 Å². The Morgan fingerprint density at radius 3 is 2.11 bits per heavy atom. The molecule has 1 aliphatic carbocycles. The summed E-state index contributed by atoms with van der Waals surface area (Å²) >= 11 is 0. The van der Waals surface area contributed by atoms with Crippen LogP contribution in [0.2, 0.25) is 0 Å². The number of aryl methyl sites for hydroxylation is 1. The molecule has 84 heavy (non-hydrogen) atoms. The Labute approximate surface area is 487 Å². The first-order valence-electron chi connectivity index (χ1n) is 28.5. The van der Waals surface area contributed by atoms with Gasteiger partial charge in [-0.25, -0.2) is 14.6 Å². The van der Waals surface area contributed by atoms with Crippen molar-refractivity contribution in [2.24, 2.45) is 0 Å². The summed E-state index contributed by atoms with van der Waals surface area (Å²) in [5.41, 5.74) is 16.1. The smallest absolute Gasteiger partial charge is 0.410 e. The van der Waals surface area contributed by atoms with Crippen LogP contribution >= 0.6 is 0 Å². The first kappa shape index (κ1) is 59.8. The van der Waals surface area contributed by atoms with Gasteiger partial charge in [-0.3, -0.25) is 24.1 Å². The van der Waals surface area contributed by atoms with Crippen molar-refractivity contribution in [1.29, 1.82) is 0 Å². The van der Waals surface area contributed by atoms with Gasteiger partial charge in [0.25, 0.3) is 0 Å². The Morgan fingerprint density at radius 2 is 1.42 bits per heavy atom. The number of alkyl carbamates (subject to hydrolysis) is 1. The number of anilines is 3. The number of nitrogen functional groups attached to an aromatic ring is 1. The van der Waals surface area contributed by atoms with Crippen molar-refractivity contribution < 1.29 is 61.9 Å². The molecular formula is C62H73N9O13. The predicted molar refractivity (Wildman–Crippen MR) is 312 cm³/mol. The van der Waals surface area contributed by atoms with Crippen LogP contribution in [0.4, 0.5) is 27.0 Å². The van der Waals surface area contributed by atoms with E-state index in [0.717, 1.165) is 89.9 Å². The summed E-state index contributed by atoms with van der Waals surface area (Å²) in [5.74, 6) is -1.90. The van der Waals surface area contributed by atoms with Gasteiger partial charge in [0, 0.05) is 91.7 Å². The van der Waals surface area contributed by atoms with E-state index in [4.69, 9.17) is 38.9 Å². The zero-order valence-electron chi connectivity index (χ0n) is 48.2. The predicted octanol–water partition coefficient (Wildman–Crippen LogP) is 8.21. The fourth-order valence-electron chi connectivity index (χ4n) is 11.0. The number of aromatic nitrogens is 3. The average Bonchev–Trinajstić information content (AvgIpc) is 3.18. The van der Waals surface area contributed by atoms with E-state index in [1.165, 1.54) is 18.6 Å². The van der Waals surface area contributed by atoms with Crippen LogP contribution in [0.1, 0.15) is 99.6 Å². The Morgan fingerprint density at radius 1 is 0.738 bits per heavy atom. The molecule has 6 aromatic rings. The number of carbonyl (C=O) groups excluding carboxylic acids is 6. The molecule has 0 saturated carbocycles. The molecular weight excluding hydrogens is 1080 g/mol. The van der Waals surface area contributed by atoms with Crippen molar-refractivity contribution in [3.63, 3.8) is 0 Å². The maximum atomic E-state index is 13.7. The van der Waals surface area contributed by atoms with Gasteiger partial charge in [0.2, 0.25) is 24.2 Å². The molecule has 9 rings (SSSR count). The zero-order valence-corrected chi connectivity index (χ0v) is 48.2. The highest BCUT2D eigenvalue weighted by Crippen LogP contribution is 2.44. The monoisotopic (exact) mass is 1150 g/mol. The summed E-state index contributed by atoms with van der Waals surface area (Å²) in [6.07, 6.45) is -2.47. The fraction of sp³-hybridized carbons (Fsp3) is 0.419. The third-order valence-corrected chi connectivity index (χ3v) is 15.0. The van der Waals surface area contributed by atoms with Gasteiger partial charge in [-0.1, -0.05) is 92.6 Å². The number of esters is 3. The Hall–Kier alpha value is -8.76. The number of unbranched alkanes of at least 4 members (excludes halogenated alkanes) is 2. The normalized spacial score (nSPS) is 18.5. The van der Waals surface area contributed by atoms with Gasteiger partial charge in [0.1, 0.15) is 24.5 Å². The third kappa shape index (κ3) is 14.9. The molecule has 0 unspecified atom stereocenters. The molecule has 5 atom stereocenters. The van der Waals surface area contributed by atoms with Gasteiger partial charge < -0.3 is 64.3 Å². The molecule has 0 bridgehead atoms. The number of benzene rings is 4. The molecule has 2 aromatic heterocycles. The molecule has 0 radical (unpaired) electrons. The van der Waals surface area contributed by atoms with Gasteiger partial charge >= 0.3 is 30.1 Å². The summed E-state index contributed by atoms with van der Waals surface area (Å²) in [6.45, 7) is 13.4. The molecule has 4 aromatic carbocycles. The number of nitrogens with one attached hydrogen (secondary N) is 3. The van der Waals surface area contributed by atoms with Gasteiger partial charge in [0.05, 0.1) is 17.3 Å². The summed E-state index contributed by atoms with van der Waals surface area (Å²) in [4.78, 5) is 90.3. The minimum atomic E-state index is -1.46. The van der Waals surface area contributed by atoms with Crippen LogP contribution in [0.15, 0.2) is 97.2 Å². The van der Waals surface area contributed by atoms with Crippen molar-refractivity contribution in [3.05, 3.63) is 131 Å². The highest BCUT2D eigenvalue weighted by molar-refractivity contribution is 5.93. The second-order valence-corrected chi connectivity index (χ2v) is 21.3. The summed E-state index contributed by atoms with van der Waals surface area (Å²) in [6, 6.07) is 29.1. The lowest BCUT2D eigenvalue weighted by Crippen LogP contribution is -2.62. The number of hydrogen-bond donors (Lipinski definition) is 4. The zero-order chi connectivity index (χ0) is 59.4. The van der Waals surface area contributed by atoms with E-state index in [9.17, 15) is 28.8 Å². The van der Waals surface area contributed by atoms with Crippen LogP contribution in [-0.2, 0) is 67.3 Å². The Kier molecular flexibility index (Phi) is 19.6. The molecule has 5 N–H and O–H groups in total. The number of nitrogens with two attached hydrogens (primary N) is 1. The van der Waals surface area contributed by atoms with Crippen LogP contribution in [0.25, 0.3) is 22.2 Å². The lowest BCUT2D eigenvalue weighted by atomic mass is 9.98. The van der Waals surface area contributed by atoms with Crippen molar-refractivity contribution in [2.45, 2.75) is 124 Å². The van der Waals surface area contributed by atoms with Gasteiger partial charge in [-0.15, -0.1) is 0 Å². The lowest BCUT2D eigenvalue weighted by Gasteiger charge is -2.43. The Bertz CT molecular complexity index is 3320. The average molecular weight is 1150 g/mol. The van der Waals surface area contributed by atoms with Crippen LogP contribution in [0, 0.1) is 6.92 Å². The molecule has 2 aliphatic heterocycles. The molecule has 2 fully saturated rings. The second-order valence-electron chi connectivity index (χ2n) is 21.3. The van der Waals surface area contributed by atoms with Crippen LogP contribution < -0.4 is 26.4 Å². The van der Waals surface area contributed by atoms with Crippen molar-refractivity contribution >= 4 is 64.5 Å². The molecule has 2 saturated heterocycles. The van der Waals surface area contributed by atoms with Crippen LogP contribution in [0.3, 0.4) is 0 Å². The lowest BCUT2D eigenvalue weighted by molar-refractivity contribution is -0.280. The number of carbonyl (C=O) groups is 6. The molecule has 3 amide bonds. The van der Waals surface area contributed by atoms with E-state index in [-0.39, 0.29) is 49.5 Å². The number of nitrogens with zero attached hydrogens (tertiary/aromatic N) is 5. The first-order valence-corrected chi connectivity index (χ1v) is 28.5. The Balaban J connectivity index is 0.820. The number of piperazine rings is 1. The van der Waals surface area contributed by atoms with Gasteiger partial charge in [-0.2, -0.15) is 4.98 Å². The van der Waals surface area contributed by atoms with Gasteiger partial charge in [0.15, 0.2) is 18.0 Å². The topological polar surface area (TPSA) is 266 Å². The van der Waals surface area contributed by atoms with E-state index in [2.05, 4.69) is 67.4 Å². The molecule has 3 aliphatic rings. The molecule has 22 nitrogen and oxygen atoms in total. The highest BCUT2D eigenvalue weighted by Gasteiger charge is 2.52. The number of rotatable bonds is 22. The quantitative estimate of drug-likeness (QED) is 0.0283. The second kappa shape index (κ2) is 27.5. The standard InChI is InChI=1S/C62H73N9O13/c1-7-8-13-24-64-58-54-50(67-60(63)68-58)23-26-71(54)34-44-20-18-42(31-37(44)2)33-69-27-29-70(30-28-69)62(77)79-35-43-19-21-52(84-59-57(83-41(6)74)56(82-40(5)73)55(38(3)80-59)81-39(4)72)51(32-43)66-53(75)22-25-65-61(76)78-36-49-47-16-11-9-14-45(47)46-15-10-12-17-48(46)49/h9-12,14-21,23,26,31-32,38,49,55-57,59H,7-8,13,22,24-25,27-30,33-36H2,1-6H3,(H,65,76)(H,66,75)(H3,63,64,67,68)/t38-,55-,56+,57-,59+/m1/s1.